The van der Waals surface area contributed by atoms with E-state index >= 15 is 0 Å². The monoisotopic (exact) mass is 457 g/mol. The number of fused-ring (bicyclic) bond motifs is 3. The molecule has 6 nitrogen and oxygen atoms in total. The Hall–Kier alpha value is -4.68. The van der Waals surface area contributed by atoms with Gasteiger partial charge in [0, 0.05) is 29.3 Å². The van der Waals surface area contributed by atoms with Crippen LogP contribution in [-0.4, -0.2) is 27.6 Å². The Labute approximate surface area is 204 Å². The molecule has 0 fully saturated rings. The standard InChI is InChI=1S/C29H23N5O/c1-6-19(3)33-24-15-14-23-27(31-18-17-30-23)26(24)29(5,7-2)25(33)16-13-22-20(4)32-34(28(22)35)21-11-9-8-10-12-21/h1-2,8-19H,3-5H3/b22-13+,25-16+. The van der Waals surface area contributed by atoms with Gasteiger partial charge in [-0.2, -0.15) is 10.1 Å². The maximum atomic E-state index is 13.2. The number of hydrogen-bond acceptors (Lipinski definition) is 5. The summed E-state index contributed by atoms with van der Waals surface area (Å²) in [6.45, 7) is 5.74. The van der Waals surface area contributed by atoms with Crippen LogP contribution in [0.1, 0.15) is 26.3 Å². The third kappa shape index (κ3) is 3.31. The van der Waals surface area contributed by atoms with Crippen LogP contribution in [0.25, 0.3) is 11.0 Å². The molecule has 1 amide bonds. The van der Waals surface area contributed by atoms with Crippen molar-refractivity contribution in [3.63, 3.8) is 0 Å². The molecule has 35 heavy (non-hydrogen) atoms. The van der Waals surface area contributed by atoms with Crippen molar-refractivity contribution in [2.45, 2.75) is 32.2 Å². The number of rotatable bonds is 3. The maximum Gasteiger partial charge on any atom is 0.280 e. The minimum atomic E-state index is -0.834. The van der Waals surface area contributed by atoms with E-state index in [0.717, 1.165) is 28.0 Å². The van der Waals surface area contributed by atoms with Gasteiger partial charge >= 0.3 is 0 Å². The van der Waals surface area contributed by atoms with Crippen LogP contribution in [0.15, 0.2) is 83.4 Å². The Kier molecular flexibility index (Phi) is 5.23. The number of aromatic nitrogens is 2. The van der Waals surface area contributed by atoms with E-state index in [1.807, 2.05) is 74.2 Å². The number of benzene rings is 2. The van der Waals surface area contributed by atoms with Crippen molar-refractivity contribution in [3.8, 4) is 24.7 Å². The molecular weight excluding hydrogens is 434 g/mol. The van der Waals surface area contributed by atoms with E-state index in [2.05, 4.69) is 26.9 Å². The highest BCUT2D eigenvalue weighted by molar-refractivity contribution is 6.29. The third-order valence-electron chi connectivity index (χ3n) is 6.54. The summed E-state index contributed by atoms with van der Waals surface area (Å²) in [7, 11) is 0. The number of hydrogen-bond donors (Lipinski definition) is 0. The summed E-state index contributed by atoms with van der Waals surface area (Å²) in [5.41, 5.74) is 5.06. The van der Waals surface area contributed by atoms with E-state index in [1.165, 1.54) is 5.01 Å². The molecule has 0 aliphatic carbocycles. The Morgan fingerprint density at radius 3 is 2.51 bits per heavy atom. The Morgan fingerprint density at radius 2 is 1.80 bits per heavy atom. The van der Waals surface area contributed by atoms with Gasteiger partial charge in [0.1, 0.15) is 0 Å². The first-order chi connectivity index (χ1) is 16.9. The van der Waals surface area contributed by atoms with Gasteiger partial charge in [-0.05, 0) is 57.2 Å². The minimum absolute atomic E-state index is 0.198. The predicted molar refractivity (Wildman–Crippen MR) is 140 cm³/mol. The third-order valence-corrected chi connectivity index (χ3v) is 6.54. The lowest BCUT2D eigenvalue weighted by Crippen LogP contribution is -2.33. The van der Waals surface area contributed by atoms with Gasteiger partial charge in [0.2, 0.25) is 0 Å². The zero-order valence-electron chi connectivity index (χ0n) is 19.7. The maximum absolute atomic E-state index is 13.2. The van der Waals surface area contributed by atoms with Crippen LogP contribution < -0.4 is 9.91 Å². The highest BCUT2D eigenvalue weighted by Gasteiger charge is 2.45. The van der Waals surface area contributed by atoms with Crippen molar-refractivity contribution in [2.24, 2.45) is 5.10 Å². The van der Waals surface area contributed by atoms with E-state index in [4.69, 9.17) is 12.8 Å². The van der Waals surface area contributed by atoms with Crippen molar-refractivity contribution in [2.75, 3.05) is 9.91 Å². The van der Waals surface area contributed by atoms with Gasteiger partial charge in [0.25, 0.3) is 5.91 Å². The van der Waals surface area contributed by atoms with Crippen LogP contribution in [0.5, 0.6) is 0 Å². The molecule has 0 saturated heterocycles. The second-order valence-electron chi connectivity index (χ2n) is 8.64. The molecule has 3 aromatic rings. The van der Waals surface area contributed by atoms with E-state index in [9.17, 15) is 4.79 Å². The smallest absolute Gasteiger partial charge is 0.280 e. The molecule has 5 rings (SSSR count). The molecule has 0 bridgehead atoms. The number of para-hydroxylation sites is 1. The zero-order valence-corrected chi connectivity index (χ0v) is 19.7. The van der Waals surface area contributed by atoms with Crippen LogP contribution in [0.3, 0.4) is 0 Å². The van der Waals surface area contributed by atoms with E-state index in [0.29, 0.717) is 17.0 Å². The first kappa shape index (κ1) is 22.1. The van der Waals surface area contributed by atoms with Crippen LogP contribution >= 0.6 is 0 Å². The van der Waals surface area contributed by atoms with Gasteiger partial charge < -0.3 is 4.90 Å². The van der Waals surface area contributed by atoms with Crippen molar-refractivity contribution in [3.05, 3.63) is 83.8 Å². The summed E-state index contributed by atoms with van der Waals surface area (Å²) in [6, 6.07) is 13.0. The Bertz CT molecular complexity index is 1540. The molecule has 170 valence electrons. The van der Waals surface area contributed by atoms with Gasteiger partial charge in [-0.15, -0.1) is 12.8 Å². The number of hydrazone groups is 1. The lowest BCUT2D eigenvalue weighted by atomic mass is 9.81. The normalized spacial score (nSPS) is 22.3. The van der Waals surface area contributed by atoms with Gasteiger partial charge in [0.15, 0.2) is 0 Å². The Morgan fingerprint density at radius 1 is 1.06 bits per heavy atom. The lowest BCUT2D eigenvalue weighted by molar-refractivity contribution is -0.114. The number of allylic oxidation sites excluding steroid dienone is 3. The molecule has 2 atom stereocenters. The molecular formula is C29H23N5O. The predicted octanol–water partition coefficient (Wildman–Crippen LogP) is 4.60. The lowest BCUT2D eigenvalue weighted by Gasteiger charge is -2.28. The van der Waals surface area contributed by atoms with Gasteiger partial charge in [-0.1, -0.05) is 30.0 Å². The van der Waals surface area contributed by atoms with Gasteiger partial charge in [0.05, 0.1) is 39.5 Å². The van der Waals surface area contributed by atoms with Crippen LogP contribution in [0.2, 0.25) is 0 Å². The van der Waals surface area contributed by atoms with Crippen molar-refractivity contribution < 1.29 is 4.79 Å². The molecule has 2 unspecified atom stereocenters. The first-order valence-electron chi connectivity index (χ1n) is 11.3. The summed E-state index contributed by atoms with van der Waals surface area (Å²) >= 11 is 0. The first-order valence-corrected chi connectivity index (χ1v) is 11.3. The highest BCUT2D eigenvalue weighted by Crippen LogP contribution is 2.51. The van der Waals surface area contributed by atoms with E-state index in [1.54, 1.807) is 18.5 Å². The molecule has 1 aromatic heterocycles. The van der Waals surface area contributed by atoms with Crippen LogP contribution in [0.4, 0.5) is 11.4 Å². The number of nitrogens with zero attached hydrogens (tertiary/aromatic N) is 5. The van der Waals surface area contributed by atoms with E-state index < -0.39 is 5.41 Å². The number of terminal acetylenes is 2. The van der Waals surface area contributed by atoms with Crippen molar-refractivity contribution >= 4 is 34.0 Å². The van der Waals surface area contributed by atoms with Crippen LogP contribution in [0, 0.1) is 24.7 Å². The number of carbonyl (C=O) groups is 1. The van der Waals surface area contributed by atoms with Gasteiger partial charge in [-0.3, -0.25) is 14.8 Å². The zero-order chi connectivity index (χ0) is 24.7. The Balaban J connectivity index is 1.66. The summed E-state index contributed by atoms with van der Waals surface area (Å²) in [4.78, 5) is 24.3. The second-order valence-corrected chi connectivity index (χ2v) is 8.64. The molecule has 2 aromatic carbocycles. The second kappa shape index (κ2) is 8.27. The topological polar surface area (TPSA) is 61.7 Å². The van der Waals surface area contributed by atoms with Crippen LogP contribution in [-0.2, 0) is 10.2 Å². The number of carbonyl (C=O) groups excluding carboxylic acids is 1. The fraction of sp³-hybridized carbons (Fsp3) is 0.172. The summed E-state index contributed by atoms with van der Waals surface area (Å²) in [5, 5.41) is 5.88. The molecule has 2 aliphatic rings. The van der Waals surface area contributed by atoms with Crippen molar-refractivity contribution in [1.29, 1.82) is 0 Å². The summed E-state index contributed by atoms with van der Waals surface area (Å²) < 4.78 is 0. The summed E-state index contributed by atoms with van der Waals surface area (Å²) in [6.07, 6.45) is 19.0. The SMILES string of the molecule is C#CC(C)N1/C(=C/C=C2/C(=O)N(c3ccccc3)N=C2C)C(C)(C#C)c2c1ccc1nccnc21. The molecule has 0 saturated carbocycles. The number of anilines is 2. The fourth-order valence-electron chi connectivity index (χ4n) is 4.72. The minimum Gasteiger partial charge on any atom is -0.329 e. The molecule has 0 radical (unpaired) electrons. The van der Waals surface area contributed by atoms with Crippen molar-refractivity contribution in [1.82, 2.24) is 9.97 Å². The molecule has 6 heteroatoms. The summed E-state index contributed by atoms with van der Waals surface area (Å²) in [5.74, 6) is 5.60. The molecule has 0 spiro atoms. The molecule has 3 heterocycles. The molecule has 2 aliphatic heterocycles. The quantitative estimate of drug-likeness (QED) is 0.426. The molecule has 0 N–H and O–H groups in total. The largest absolute Gasteiger partial charge is 0.329 e. The van der Waals surface area contributed by atoms with Gasteiger partial charge in [-0.25, -0.2) is 0 Å². The van der Waals surface area contributed by atoms with E-state index in [-0.39, 0.29) is 11.9 Å². The average Bonchev–Trinajstić information content (AvgIpc) is 3.32. The highest BCUT2D eigenvalue weighted by atomic mass is 16.2. The fourth-order valence-corrected chi connectivity index (χ4v) is 4.72. The number of amides is 1. The average molecular weight is 458 g/mol.